The quantitative estimate of drug-likeness (QED) is 0.479. The number of rotatable bonds is 6. The van der Waals surface area contributed by atoms with Crippen molar-refractivity contribution in [3.8, 4) is 17.3 Å². The van der Waals surface area contributed by atoms with Gasteiger partial charge in [-0.3, -0.25) is 9.20 Å². The number of aromatic nitrogens is 3. The lowest BCUT2D eigenvalue weighted by atomic mass is 10.1. The topological polar surface area (TPSA) is 95.1 Å². The van der Waals surface area contributed by atoms with Gasteiger partial charge in [0.1, 0.15) is 0 Å². The second-order valence-corrected chi connectivity index (χ2v) is 8.68. The molecule has 1 fully saturated rings. The molecule has 4 aromatic rings. The van der Waals surface area contributed by atoms with E-state index in [0.29, 0.717) is 28.9 Å². The minimum atomic E-state index is -0.0314. The third-order valence-electron chi connectivity index (χ3n) is 5.58. The van der Waals surface area contributed by atoms with Crippen molar-refractivity contribution >= 4 is 28.4 Å². The van der Waals surface area contributed by atoms with E-state index in [1.807, 2.05) is 36.5 Å². The zero-order valence-corrected chi connectivity index (χ0v) is 18.1. The smallest absolute Gasteiger partial charge is 0.251 e. The number of nitriles is 1. The molecule has 1 aliphatic rings. The first-order valence-electron chi connectivity index (χ1n) is 10.9. The summed E-state index contributed by atoms with van der Waals surface area (Å²) in [5.74, 6) is 1.10. The summed E-state index contributed by atoms with van der Waals surface area (Å²) in [6, 6.07) is 15.6. The second-order valence-electron chi connectivity index (χ2n) is 8.68. The molecule has 7 nitrogen and oxygen atoms in total. The molecule has 0 bridgehead atoms. The van der Waals surface area contributed by atoms with Crippen molar-refractivity contribution in [3.63, 3.8) is 0 Å². The fourth-order valence-electron chi connectivity index (χ4n) is 3.72. The van der Waals surface area contributed by atoms with Crippen LogP contribution in [0.25, 0.3) is 27.9 Å². The number of carbonyl (C=O) groups excluding carboxylic acids is 1. The van der Waals surface area contributed by atoms with Crippen molar-refractivity contribution in [2.75, 3.05) is 11.9 Å². The monoisotopic (exact) mass is 424 g/mol. The summed E-state index contributed by atoms with van der Waals surface area (Å²) in [4.78, 5) is 21.8. The molecule has 2 N–H and O–H groups in total. The van der Waals surface area contributed by atoms with Crippen LogP contribution in [-0.4, -0.2) is 32.9 Å². The maximum atomic E-state index is 12.3. The molecule has 1 amide bonds. The normalized spacial score (nSPS) is 13.4. The molecule has 1 aliphatic carbocycles. The van der Waals surface area contributed by atoms with E-state index in [-0.39, 0.29) is 5.91 Å². The molecular weight excluding hydrogens is 400 g/mol. The summed E-state index contributed by atoms with van der Waals surface area (Å²) in [7, 11) is 0. The zero-order valence-electron chi connectivity index (χ0n) is 18.1. The highest BCUT2D eigenvalue weighted by molar-refractivity contribution is 5.95. The Morgan fingerprint density at radius 3 is 2.69 bits per heavy atom. The molecule has 2 heterocycles. The van der Waals surface area contributed by atoms with Crippen LogP contribution in [-0.2, 0) is 0 Å². The van der Waals surface area contributed by atoms with Gasteiger partial charge in [-0.2, -0.15) is 5.26 Å². The number of anilines is 1. The van der Waals surface area contributed by atoms with Gasteiger partial charge in [-0.05, 0) is 49.1 Å². The molecule has 5 rings (SSSR count). The van der Waals surface area contributed by atoms with Crippen molar-refractivity contribution < 1.29 is 4.79 Å². The van der Waals surface area contributed by atoms with Crippen LogP contribution in [0, 0.1) is 17.2 Å². The lowest BCUT2D eigenvalue weighted by Crippen LogP contribution is -2.25. The highest BCUT2D eigenvalue weighted by Crippen LogP contribution is 2.29. The number of nitrogens with one attached hydrogen (secondary N) is 2. The van der Waals surface area contributed by atoms with E-state index >= 15 is 0 Å². The fraction of sp³-hybridized carbons (Fsp3) is 0.280. The van der Waals surface area contributed by atoms with E-state index in [0.717, 1.165) is 47.3 Å². The highest BCUT2D eigenvalue weighted by atomic mass is 16.1. The van der Waals surface area contributed by atoms with E-state index in [1.54, 1.807) is 12.1 Å². The molecule has 0 atom stereocenters. The third-order valence-corrected chi connectivity index (χ3v) is 5.58. The Kier molecular flexibility index (Phi) is 4.98. The van der Waals surface area contributed by atoms with Gasteiger partial charge in [0, 0.05) is 23.7 Å². The maximum absolute atomic E-state index is 12.3. The molecule has 160 valence electrons. The first kappa shape index (κ1) is 20.0. The second kappa shape index (κ2) is 7.97. The predicted octanol–water partition coefficient (Wildman–Crippen LogP) is 4.38. The van der Waals surface area contributed by atoms with Gasteiger partial charge in [-0.1, -0.05) is 26.0 Å². The molecule has 0 aliphatic heterocycles. The minimum Gasteiger partial charge on any atom is -0.367 e. The first-order valence-corrected chi connectivity index (χ1v) is 10.9. The number of imidazole rings is 1. The molecule has 0 radical (unpaired) electrons. The molecule has 32 heavy (non-hydrogen) atoms. The van der Waals surface area contributed by atoms with Crippen LogP contribution in [0.15, 0.2) is 48.7 Å². The Morgan fingerprint density at radius 1 is 1.22 bits per heavy atom. The first-order chi connectivity index (χ1) is 15.5. The Hall–Kier alpha value is -3.92. The fourth-order valence-corrected chi connectivity index (χ4v) is 3.72. The standard InChI is InChI=1S/C25H24N6O/c1-15(2)13-27-23-24-28-14-22(31(24)21-10-3-16(12-26)11-20(21)30-23)17-4-6-18(7-5-17)25(32)29-19-8-9-19/h3-7,10-11,14-15,19H,8-9,13H2,1-2H3,(H,27,30)(H,29,32). The highest BCUT2D eigenvalue weighted by Gasteiger charge is 2.24. The Balaban J connectivity index is 1.61. The molecule has 1 saturated carbocycles. The summed E-state index contributed by atoms with van der Waals surface area (Å²) >= 11 is 0. The number of fused-ring (bicyclic) bond motifs is 3. The van der Waals surface area contributed by atoms with Crippen LogP contribution < -0.4 is 10.6 Å². The molecular formula is C25H24N6O. The molecule has 2 aromatic heterocycles. The van der Waals surface area contributed by atoms with Crippen LogP contribution in [0.4, 0.5) is 5.82 Å². The van der Waals surface area contributed by atoms with Gasteiger partial charge in [-0.15, -0.1) is 0 Å². The number of hydrogen-bond acceptors (Lipinski definition) is 5. The van der Waals surface area contributed by atoms with E-state index in [1.165, 1.54) is 0 Å². The number of nitrogens with zero attached hydrogens (tertiary/aromatic N) is 4. The van der Waals surface area contributed by atoms with Crippen molar-refractivity contribution in [1.29, 1.82) is 5.26 Å². The van der Waals surface area contributed by atoms with Crippen LogP contribution in [0.1, 0.15) is 42.6 Å². The molecule has 0 saturated heterocycles. The van der Waals surface area contributed by atoms with E-state index in [4.69, 9.17) is 4.98 Å². The lowest BCUT2D eigenvalue weighted by Gasteiger charge is -2.13. The molecule has 0 spiro atoms. The van der Waals surface area contributed by atoms with Gasteiger partial charge >= 0.3 is 0 Å². The zero-order chi connectivity index (χ0) is 22.2. The summed E-state index contributed by atoms with van der Waals surface area (Å²) in [6.07, 6.45) is 3.95. The average molecular weight is 425 g/mol. The van der Waals surface area contributed by atoms with Crippen LogP contribution in [0.2, 0.25) is 0 Å². The SMILES string of the molecule is CC(C)CNc1nc2cc(C#N)ccc2n2c(-c3ccc(C(=O)NC4CC4)cc3)cnc12. The van der Waals surface area contributed by atoms with Crippen molar-refractivity contribution in [1.82, 2.24) is 19.7 Å². The summed E-state index contributed by atoms with van der Waals surface area (Å²) in [5.41, 5.74) is 5.39. The van der Waals surface area contributed by atoms with E-state index < -0.39 is 0 Å². The van der Waals surface area contributed by atoms with Gasteiger partial charge < -0.3 is 10.6 Å². The maximum Gasteiger partial charge on any atom is 0.251 e. The van der Waals surface area contributed by atoms with Gasteiger partial charge in [0.2, 0.25) is 0 Å². The minimum absolute atomic E-state index is 0.0314. The van der Waals surface area contributed by atoms with Crippen molar-refractivity contribution in [2.45, 2.75) is 32.7 Å². The van der Waals surface area contributed by atoms with Crippen molar-refractivity contribution in [2.24, 2.45) is 5.92 Å². The summed E-state index contributed by atoms with van der Waals surface area (Å²) < 4.78 is 2.06. The molecule has 2 aromatic carbocycles. The average Bonchev–Trinajstić information content (AvgIpc) is 3.51. The van der Waals surface area contributed by atoms with E-state index in [9.17, 15) is 10.1 Å². The van der Waals surface area contributed by atoms with Gasteiger partial charge in [-0.25, -0.2) is 9.97 Å². The van der Waals surface area contributed by atoms with Crippen molar-refractivity contribution in [3.05, 3.63) is 59.8 Å². The van der Waals surface area contributed by atoms with Gasteiger partial charge in [0.05, 0.1) is 34.6 Å². The van der Waals surface area contributed by atoms with Gasteiger partial charge in [0.25, 0.3) is 5.91 Å². The number of benzene rings is 2. The largest absolute Gasteiger partial charge is 0.367 e. The lowest BCUT2D eigenvalue weighted by molar-refractivity contribution is 0.0951. The predicted molar refractivity (Wildman–Crippen MR) is 124 cm³/mol. The number of amides is 1. The van der Waals surface area contributed by atoms with Gasteiger partial charge in [0.15, 0.2) is 11.5 Å². The summed E-state index contributed by atoms with van der Waals surface area (Å²) in [6.45, 7) is 5.03. The summed E-state index contributed by atoms with van der Waals surface area (Å²) in [5, 5.41) is 15.8. The van der Waals surface area contributed by atoms with E-state index in [2.05, 4.69) is 39.9 Å². The number of carbonyl (C=O) groups is 1. The Morgan fingerprint density at radius 2 is 2.00 bits per heavy atom. The Labute approximate surface area is 186 Å². The third kappa shape index (κ3) is 3.76. The molecule has 7 heteroatoms. The Bertz CT molecular complexity index is 1360. The van der Waals surface area contributed by atoms with Crippen LogP contribution in [0.3, 0.4) is 0 Å². The number of hydrogen-bond donors (Lipinski definition) is 2. The molecule has 0 unspecified atom stereocenters. The van der Waals surface area contributed by atoms with Crippen LogP contribution in [0.5, 0.6) is 0 Å². The van der Waals surface area contributed by atoms with Crippen LogP contribution >= 0.6 is 0 Å².